The lowest BCUT2D eigenvalue weighted by atomic mass is 10.2. The molecule has 0 radical (unpaired) electrons. The first kappa shape index (κ1) is 13.2. The van der Waals surface area contributed by atoms with Crippen LogP contribution in [0.5, 0.6) is 0 Å². The van der Waals surface area contributed by atoms with Crippen LogP contribution in [-0.2, 0) is 12.8 Å². The van der Waals surface area contributed by atoms with Crippen LogP contribution in [-0.4, -0.2) is 9.55 Å². The number of aryl methyl sites for hydroxylation is 2. The maximum Gasteiger partial charge on any atom is 0.151 e. The number of benzene rings is 1. The van der Waals surface area contributed by atoms with Crippen LogP contribution in [0, 0.1) is 11.6 Å². The van der Waals surface area contributed by atoms with Gasteiger partial charge in [-0.3, -0.25) is 4.57 Å². The molecule has 2 nitrogen and oxygen atoms in total. The summed E-state index contributed by atoms with van der Waals surface area (Å²) in [6.07, 6.45) is 3.04. The predicted octanol–water partition coefficient (Wildman–Crippen LogP) is 4.04. The van der Waals surface area contributed by atoms with Crippen molar-refractivity contribution in [2.75, 3.05) is 0 Å². The lowest BCUT2D eigenvalue weighted by molar-refractivity contribution is 0.564. The summed E-state index contributed by atoms with van der Waals surface area (Å²) in [6, 6.07) is 2.51. The first-order chi connectivity index (χ1) is 8.56. The van der Waals surface area contributed by atoms with Gasteiger partial charge in [-0.05, 0) is 18.6 Å². The van der Waals surface area contributed by atoms with Crippen molar-refractivity contribution in [3.05, 3.63) is 46.0 Å². The van der Waals surface area contributed by atoms with Crippen molar-refractivity contribution in [2.24, 2.45) is 0 Å². The fraction of sp³-hybridized carbons (Fsp3) is 0.308. The molecule has 0 bridgehead atoms. The molecule has 1 aromatic carbocycles. The van der Waals surface area contributed by atoms with Gasteiger partial charge in [0.15, 0.2) is 11.6 Å². The van der Waals surface area contributed by atoms with E-state index in [9.17, 15) is 8.78 Å². The molecule has 0 saturated carbocycles. The van der Waals surface area contributed by atoms with E-state index in [1.54, 1.807) is 6.20 Å². The van der Waals surface area contributed by atoms with Crippen LogP contribution in [0.2, 0.25) is 0 Å². The Balaban J connectivity index is 2.64. The molecule has 1 aromatic heterocycles. The number of aromatic nitrogens is 2. The van der Waals surface area contributed by atoms with Gasteiger partial charge in [-0.1, -0.05) is 29.8 Å². The highest BCUT2D eigenvalue weighted by molar-refractivity contribution is 9.10. The molecule has 96 valence electrons. The summed E-state index contributed by atoms with van der Waals surface area (Å²) in [5.41, 5.74) is 0.760. The average molecular weight is 315 g/mol. The number of hydrogen-bond donors (Lipinski definition) is 0. The normalized spacial score (nSPS) is 10.9. The fourth-order valence-electron chi connectivity index (χ4n) is 1.85. The third kappa shape index (κ3) is 2.32. The summed E-state index contributed by atoms with van der Waals surface area (Å²) in [4.78, 5) is 4.35. The number of rotatable bonds is 3. The molecule has 1 heterocycles. The molecule has 5 heteroatoms. The van der Waals surface area contributed by atoms with Gasteiger partial charge < -0.3 is 0 Å². The van der Waals surface area contributed by atoms with Crippen LogP contribution in [0.4, 0.5) is 8.78 Å². The van der Waals surface area contributed by atoms with Crippen LogP contribution < -0.4 is 0 Å². The van der Waals surface area contributed by atoms with E-state index in [4.69, 9.17) is 0 Å². The van der Waals surface area contributed by atoms with E-state index in [0.29, 0.717) is 16.7 Å². The SMILES string of the molecule is CCc1cn(-c2c(F)cc(Br)cc2F)c(CC)n1. The Hall–Kier alpha value is -1.23. The number of hydrogen-bond acceptors (Lipinski definition) is 1. The Bertz CT molecular complexity index is 555. The van der Waals surface area contributed by atoms with Gasteiger partial charge in [0.2, 0.25) is 0 Å². The lowest BCUT2D eigenvalue weighted by Crippen LogP contribution is -2.04. The van der Waals surface area contributed by atoms with Crippen molar-refractivity contribution >= 4 is 15.9 Å². The van der Waals surface area contributed by atoms with Gasteiger partial charge in [0.05, 0.1) is 5.69 Å². The third-order valence-electron chi connectivity index (χ3n) is 2.73. The zero-order valence-corrected chi connectivity index (χ0v) is 11.8. The van der Waals surface area contributed by atoms with Crippen LogP contribution in [0.1, 0.15) is 25.4 Å². The monoisotopic (exact) mass is 314 g/mol. The van der Waals surface area contributed by atoms with E-state index >= 15 is 0 Å². The van der Waals surface area contributed by atoms with E-state index in [0.717, 1.165) is 12.1 Å². The summed E-state index contributed by atoms with van der Waals surface area (Å²) in [7, 11) is 0. The van der Waals surface area contributed by atoms with E-state index in [-0.39, 0.29) is 5.69 Å². The second kappa shape index (κ2) is 5.18. The molecule has 0 unspecified atom stereocenters. The van der Waals surface area contributed by atoms with Crippen molar-refractivity contribution in [3.63, 3.8) is 0 Å². The largest absolute Gasteiger partial charge is 0.298 e. The molecule has 0 aliphatic heterocycles. The van der Waals surface area contributed by atoms with Crippen molar-refractivity contribution < 1.29 is 8.78 Å². The second-order valence-corrected chi connectivity index (χ2v) is 4.86. The Morgan fingerprint density at radius 2 is 1.78 bits per heavy atom. The molecular weight excluding hydrogens is 302 g/mol. The van der Waals surface area contributed by atoms with Crippen molar-refractivity contribution in [1.29, 1.82) is 0 Å². The van der Waals surface area contributed by atoms with Crippen LogP contribution in [0.3, 0.4) is 0 Å². The van der Waals surface area contributed by atoms with Gasteiger partial charge in [-0.25, -0.2) is 13.8 Å². The smallest absolute Gasteiger partial charge is 0.151 e. The van der Waals surface area contributed by atoms with Gasteiger partial charge in [-0.2, -0.15) is 0 Å². The minimum absolute atomic E-state index is 0.0674. The maximum absolute atomic E-state index is 13.9. The first-order valence-electron chi connectivity index (χ1n) is 5.78. The van der Waals surface area contributed by atoms with Gasteiger partial charge in [0, 0.05) is 17.1 Å². The predicted molar refractivity (Wildman–Crippen MR) is 69.9 cm³/mol. The topological polar surface area (TPSA) is 17.8 Å². The molecule has 0 aliphatic rings. The van der Waals surface area contributed by atoms with Crippen molar-refractivity contribution in [2.45, 2.75) is 26.7 Å². The molecular formula is C13H13BrF2N2. The minimum atomic E-state index is -0.600. The number of imidazole rings is 1. The minimum Gasteiger partial charge on any atom is -0.298 e. The standard InChI is InChI=1S/C13H13BrF2N2/c1-3-9-7-18(12(4-2)17-9)13-10(15)5-8(14)6-11(13)16/h5-7H,3-4H2,1-2H3. The summed E-state index contributed by atoms with van der Waals surface area (Å²) in [6.45, 7) is 3.87. The second-order valence-electron chi connectivity index (χ2n) is 3.94. The van der Waals surface area contributed by atoms with Gasteiger partial charge in [-0.15, -0.1) is 0 Å². The number of nitrogens with zero attached hydrogens (tertiary/aromatic N) is 2. The van der Waals surface area contributed by atoms with E-state index < -0.39 is 11.6 Å². The zero-order valence-electron chi connectivity index (χ0n) is 10.2. The highest BCUT2D eigenvalue weighted by Crippen LogP contribution is 2.24. The molecule has 0 atom stereocenters. The Labute approximate surface area is 113 Å². The van der Waals surface area contributed by atoms with Crippen molar-refractivity contribution in [1.82, 2.24) is 9.55 Å². The van der Waals surface area contributed by atoms with E-state index in [1.165, 1.54) is 16.7 Å². The average Bonchev–Trinajstić information content (AvgIpc) is 2.71. The Morgan fingerprint density at radius 3 is 2.28 bits per heavy atom. The summed E-state index contributed by atoms with van der Waals surface area (Å²) in [5.74, 6) is -0.541. The van der Waals surface area contributed by atoms with Crippen LogP contribution in [0.15, 0.2) is 22.8 Å². The highest BCUT2D eigenvalue weighted by Gasteiger charge is 2.16. The molecule has 0 aliphatic carbocycles. The van der Waals surface area contributed by atoms with Gasteiger partial charge in [0.25, 0.3) is 0 Å². The van der Waals surface area contributed by atoms with Crippen molar-refractivity contribution in [3.8, 4) is 5.69 Å². The molecule has 2 rings (SSSR count). The van der Waals surface area contributed by atoms with E-state index in [2.05, 4.69) is 20.9 Å². The molecule has 0 saturated heterocycles. The van der Waals surface area contributed by atoms with Crippen LogP contribution in [0.25, 0.3) is 5.69 Å². The lowest BCUT2D eigenvalue weighted by Gasteiger charge is -2.09. The first-order valence-corrected chi connectivity index (χ1v) is 6.58. The zero-order chi connectivity index (χ0) is 13.3. The Morgan fingerprint density at radius 1 is 1.17 bits per heavy atom. The number of halogens is 3. The molecule has 2 aromatic rings. The van der Waals surface area contributed by atoms with Crippen LogP contribution >= 0.6 is 15.9 Å². The quantitative estimate of drug-likeness (QED) is 0.836. The highest BCUT2D eigenvalue weighted by atomic mass is 79.9. The summed E-state index contributed by atoms with van der Waals surface area (Å²) >= 11 is 3.07. The molecule has 0 N–H and O–H groups in total. The maximum atomic E-state index is 13.9. The van der Waals surface area contributed by atoms with E-state index in [1.807, 2.05) is 13.8 Å². The fourth-order valence-corrected chi connectivity index (χ4v) is 2.25. The summed E-state index contributed by atoms with van der Waals surface area (Å²) in [5, 5.41) is 0. The Kier molecular flexibility index (Phi) is 3.80. The molecule has 0 spiro atoms. The molecule has 18 heavy (non-hydrogen) atoms. The summed E-state index contributed by atoms with van der Waals surface area (Å²) < 4.78 is 29.7. The molecule has 0 amide bonds. The van der Waals surface area contributed by atoms with Gasteiger partial charge >= 0.3 is 0 Å². The third-order valence-corrected chi connectivity index (χ3v) is 3.19. The molecule has 0 fully saturated rings. The van der Waals surface area contributed by atoms with Gasteiger partial charge in [0.1, 0.15) is 11.5 Å².